The van der Waals surface area contributed by atoms with E-state index >= 15 is 0 Å². The Bertz CT molecular complexity index is 1040. The summed E-state index contributed by atoms with van der Waals surface area (Å²) in [5.41, 5.74) is 7.48. The van der Waals surface area contributed by atoms with Crippen LogP contribution in [0.3, 0.4) is 0 Å². The van der Waals surface area contributed by atoms with Gasteiger partial charge in [0.1, 0.15) is 0 Å². The molecule has 0 aliphatic heterocycles. The van der Waals surface area contributed by atoms with Crippen LogP contribution in [0.1, 0.15) is 0 Å². The summed E-state index contributed by atoms with van der Waals surface area (Å²) < 4.78 is 0. The van der Waals surface area contributed by atoms with Gasteiger partial charge >= 0.3 is 0 Å². The molecule has 2 nitrogen and oxygen atoms in total. The maximum absolute atomic E-state index is 4.55. The van der Waals surface area contributed by atoms with E-state index in [1.54, 1.807) is 0 Å². The topological polar surface area (TPSA) is 16.1 Å². The van der Waals surface area contributed by atoms with Crippen LogP contribution in [0, 0.1) is 0 Å². The number of hydrogen-bond acceptors (Lipinski definition) is 4. The van der Waals surface area contributed by atoms with E-state index in [9.17, 15) is 0 Å². The van der Waals surface area contributed by atoms with E-state index in [0.29, 0.717) is 0 Å². The van der Waals surface area contributed by atoms with Gasteiger partial charge in [-0.15, -0.1) is 23.5 Å². The van der Waals surface area contributed by atoms with E-state index in [-0.39, 0.29) is 0 Å². The van der Waals surface area contributed by atoms with E-state index in [2.05, 4.69) is 85.0 Å². The second-order valence-corrected chi connectivity index (χ2v) is 8.26. The van der Waals surface area contributed by atoms with Gasteiger partial charge in [0.15, 0.2) is 0 Å². The Morgan fingerprint density at radius 1 is 0.741 bits per heavy atom. The van der Waals surface area contributed by atoms with Crippen molar-refractivity contribution in [3.8, 4) is 22.3 Å². The third kappa shape index (κ3) is 3.07. The number of para-hydroxylation sites is 1. The molecule has 4 heteroatoms. The van der Waals surface area contributed by atoms with E-state index in [0.717, 1.165) is 5.52 Å². The van der Waals surface area contributed by atoms with Crippen LogP contribution in [0.5, 0.6) is 0 Å². The highest BCUT2D eigenvalue weighted by Gasteiger charge is 2.24. The van der Waals surface area contributed by atoms with Crippen molar-refractivity contribution >= 4 is 40.1 Å². The van der Waals surface area contributed by atoms with Gasteiger partial charge in [-0.3, -0.25) is 4.98 Å². The first-order valence-electron chi connectivity index (χ1n) is 8.85. The third-order valence-electron chi connectivity index (χ3n) is 4.92. The quantitative estimate of drug-likeness (QED) is 0.369. The van der Waals surface area contributed by atoms with Crippen molar-refractivity contribution in [3.05, 3.63) is 60.8 Å². The molecule has 2 aromatic rings. The fourth-order valence-corrected chi connectivity index (χ4v) is 5.31. The Balaban J connectivity index is 2.08. The molecule has 0 N–H and O–H groups in total. The van der Waals surface area contributed by atoms with Crippen LogP contribution in [0.25, 0.3) is 33.2 Å². The number of rotatable bonds is 4. The minimum absolute atomic E-state index is 1.04. The molecule has 0 spiro atoms. The van der Waals surface area contributed by atoms with Crippen LogP contribution >= 0.6 is 23.5 Å². The molecule has 0 saturated heterocycles. The molecular weight excluding hydrogens is 368 g/mol. The van der Waals surface area contributed by atoms with Gasteiger partial charge in [-0.1, -0.05) is 30.3 Å². The highest BCUT2D eigenvalue weighted by Crippen LogP contribution is 2.51. The van der Waals surface area contributed by atoms with E-state index in [1.807, 2.05) is 35.8 Å². The van der Waals surface area contributed by atoms with Gasteiger partial charge in [0, 0.05) is 46.7 Å². The molecule has 2 aliphatic carbocycles. The van der Waals surface area contributed by atoms with Crippen LogP contribution in [0.2, 0.25) is 0 Å². The Morgan fingerprint density at radius 3 is 1.96 bits per heavy atom. The number of nitrogens with zero attached hydrogens (tertiary/aromatic N) is 2. The molecule has 0 atom stereocenters. The van der Waals surface area contributed by atoms with Crippen molar-refractivity contribution in [2.75, 3.05) is 31.5 Å². The molecule has 27 heavy (non-hydrogen) atoms. The predicted octanol–water partition coefficient (Wildman–Crippen LogP) is 6.52. The summed E-state index contributed by atoms with van der Waals surface area (Å²) in [4.78, 5) is 9.38. The normalized spacial score (nSPS) is 11.3. The number of pyridine rings is 1. The fourth-order valence-electron chi connectivity index (χ4n) is 3.62. The second-order valence-electron chi connectivity index (χ2n) is 6.63. The van der Waals surface area contributed by atoms with Crippen molar-refractivity contribution in [1.82, 2.24) is 4.98 Å². The highest BCUT2D eigenvalue weighted by atomic mass is 32.2. The number of fused-ring (bicyclic) bond motifs is 2. The van der Waals surface area contributed by atoms with Crippen molar-refractivity contribution in [3.63, 3.8) is 0 Å². The van der Waals surface area contributed by atoms with Gasteiger partial charge in [0.25, 0.3) is 0 Å². The van der Waals surface area contributed by atoms with Crippen molar-refractivity contribution in [2.45, 2.75) is 9.79 Å². The molecule has 0 amide bonds. The number of anilines is 1. The molecule has 1 aromatic heterocycles. The molecule has 0 radical (unpaired) electrons. The maximum Gasteiger partial charge on any atom is 0.0708 e. The van der Waals surface area contributed by atoms with Gasteiger partial charge in [0.2, 0.25) is 0 Å². The molecular formula is C23H22N2S2. The first-order valence-corrected chi connectivity index (χ1v) is 11.3. The van der Waals surface area contributed by atoms with Crippen molar-refractivity contribution < 1.29 is 0 Å². The minimum Gasteiger partial charge on any atom is -0.378 e. The van der Waals surface area contributed by atoms with E-state index in [1.165, 1.54) is 43.1 Å². The smallest absolute Gasteiger partial charge is 0.0708 e. The molecule has 136 valence electrons. The molecule has 0 fully saturated rings. The lowest BCUT2D eigenvalue weighted by atomic mass is 10.0. The SMILES string of the molecule is CSc1c2ccc(N(C)C)ccc-2c(SC)c1-c1ccnc2ccccc12. The maximum atomic E-state index is 4.55. The molecule has 2 aliphatic rings. The summed E-state index contributed by atoms with van der Waals surface area (Å²) in [5.74, 6) is 0. The summed E-state index contributed by atoms with van der Waals surface area (Å²) in [6.45, 7) is 0. The first kappa shape index (κ1) is 18.2. The number of aromatic nitrogens is 1. The van der Waals surface area contributed by atoms with Gasteiger partial charge in [0.05, 0.1) is 5.52 Å². The monoisotopic (exact) mass is 390 g/mol. The van der Waals surface area contributed by atoms with Crippen LogP contribution < -0.4 is 4.90 Å². The summed E-state index contributed by atoms with van der Waals surface area (Å²) in [6, 6.07) is 19.5. The minimum atomic E-state index is 1.04. The Kier molecular flexibility index (Phi) is 5.02. The lowest BCUT2D eigenvalue weighted by Gasteiger charge is -2.10. The zero-order chi connectivity index (χ0) is 19.0. The van der Waals surface area contributed by atoms with Crippen LogP contribution in [0.15, 0.2) is 70.6 Å². The average Bonchev–Trinajstić information content (AvgIpc) is 2.82. The van der Waals surface area contributed by atoms with Gasteiger partial charge in [-0.2, -0.15) is 0 Å². The molecule has 4 rings (SSSR count). The molecule has 0 bridgehead atoms. The first-order chi connectivity index (χ1) is 13.2. The third-order valence-corrected chi connectivity index (χ3v) is 6.58. The lowest BCUT2D eigenvalue weighted by molar-refractivity contribution is 1.13. The second kappa shape index (κ2) is 7.45. The molecule has 0 saturated carbocycles. The van der Waals surface area contributed by atoms with E-state index in [4.69, 9.17) is 0 Å². The predicted molar refractivity (Wildman–Crippen MR) is 122 cm³/mol. The average molecular weight is 391 g/mol. The van der Waals surface area contributed by atoms with Crippen molar-refractivity contribution in [1.29, 1.82) is 0 Å². The highest BCUT2D eigenvalue weighted by molar-refractivity contribution is 8.00. The number of thioether (sulfide) groups is 2. The largest absolute Gasteiger partial charge is 0.378 e. The Morgan fingerprint density at radius 2 is 1.37 bits per heavy atom. The van der Waals surface area contributed by atoms with Crippen LogP contribution in [-0.2, 0) is 0 Å². The zero-order valence-corrected chi connectivity index (χ0v) is 17.6. The van der Waals surface area contributed by atoms with E-state index < -0.39 is 0 Å². The van der Waals surface area contributed by atoms with Crippen LogP contribution in [0.4, 0.5) is 5.69 Å². The van der Waals surface area contributed by atoms with Crippen molar-refractivity contribution in [2.24, 2.45) is 0 Å². The van der Waals surface area contributed by atoms with Crippen LogP contribution in [-0.4, -0.2) is 31.6 Å². The molecule has 1 aromatic carbocycles. The number of benzene rings is 1. The van der Waals surface area contributed by atoms with Gasteiger partial charge < -0.3 is 4.90 Å². The molecule has 0 unspecified atom stereocenters. The lowest BCUT2D eigenvalue weighted by Crippen LogP contribution is -2.07. The zero-order valence-electron chi connectivity index (χ0n) is 16.0. The number of hydrogen-bond donors (Lipinski definition) is 0. The summed E-state index contributed by atoms with van der Waals surface area (Å²) in [5, 5.41) is 1.21. The fraction of sp³-hybridized carbons (Fsp3) is 0.174. The van der Waals surface area contributed by atoms with Gasteiger partial charge in [-0.25, -0.2) is 0 Å². The summed E-state index contributed by atoms with van der Waals surface area (Å²) in [6.07, 6.45) is 6.27. The summed E-state index contributed by atoms with van der Waals surface area (Å²) in [7, 11) is 4.17. The Labute approximate surface area is 169 Å². The Hall–Kier alpha value is -2.17. The molecule has 1 heterocycles. The van der Waals surface area contributed by atoms with Gasteiger partial charge in [-0.05, 0) is 53.5 Å². The standard InChI is InChI=1S/C23H22N2S2/c1-25(2)15-9-11-18-19(12-10-15)23(27-4)21(22(18)26-3)17-13-14-24-20-8-6-5-7-16(17)20/h5-14H,1-4H3. The summed E-state index contributed by atoms with van der Waals surface area (Å²) >= 11 is 3.65.